The molecule has 112 valence electrons. The Labute approximate surface area is 121 Å². The predicted molar refractivity (Wildman–Crippen MR) is 79.5 cm³/mol. The lowest BCUT2D eigenvalue weighted by molar-refractivity contribution is -0.151. The molecule has 0 spiro atoms. The highest BCUT2D eigenvalue weighted by Gasteiger charge is 2.30. The standard InChI is InChI=1S/C16H25NO3/c1-5-17(13(3)12-19-4)15(16(18)20-6-2)14-10-8-7-9-11-14/h7-11,13,15H,5-6,12H2,1-4H3. The topological polar surface area (TPSA) is 38.8 Å². The van der Waals surface area contributed by atoms with Gasteiger partial charge in [-0.15, -0.1) is 0 Å². The number of carbonyl (C=O) groups excluding carboxylic acids is 1. The van der Waals surface area contributed by atoms with Gasteiger partial charge in [-0.05, 0) is 26.0 Å². The van der Waals surface area contributed by atoms with Gasteiger partial charge >= 0.3 is 5.97 Å². The fourth-order valence-corrected chi connectivity index (χ4v) is 2.41. The number of methoxy groups -OCH3 is 1. The molecular weight excluding hydrogens is 254 g/mol. The number of rotatable bonds is 8. The molecule has 0 aromatic heterocycles. The molecule has 0 heterocycles. The predicted octanol–water partition coefficient (Wildman–Crippen LogP) is 2.65. The molecule has 0 N–H and O–H groups in total. The van der Waals surface area contributed by atoms with Gasteiger partial charge in [0.1, 0.15) is 6.04 Å². The summed E-state index contributed by atoms with van der Waals surface area (Å²) in [4.78, 5) is 14.5. The summed E-state index contributed by atoms with van der Waals surface area (Å²) < 4.78 is 10.5. The van der Waals surface area contributed by atoms with E-state index in [1.54, 1.807) is 7.11 Å². The average Bonchev–Trinajstić information content (AvgIpc) is 2.45. The van der Waals surface area contributed by atoms with Crippen molar-refractivity contribution in [3.05, 3.63) is 35.9 Å². The molecule has 0 saturated carbocycles. The molecule has 4 nitrogen and oxygen atoms in total. The van der Waals surface area contributed by atoms with Crippen LogP contribution in [0.25, 0.3) is 0 Å². The minimum Gasteiger partial charge on any atom is -0.465 e. The van der Waals surface area contributed by atoms with Crippen molar-refractivity contribution in [2.45, 2.75) is 32.9 Å². The molecule has 0 saturated heterocycles. The lowest BCUT2D eigenvalue weighted by atomic mass is 10.0. The van der Waals surface area contributed by atoms with Crippen LogP contribution in [0.3, 0.4) is 0 Å². The van der Waals surface area contributed by atoms with E-state index in [-0.39, 0.29) is 18.1 Å². The van der Waals surface area contributed by atoms with Gasteiger partial charge in [0.25, 0.3) is 0 Å². The van der Waals surface area contributed by atoms with E-state index in [2.05, 4.69) is 11.8 Å². The summed E-state index contributed by atoms with van der Waals surface area (Å²) in [6, 6.07) is 9.51. The smallest absolute Gasteiger partial charge is 0.328 e. The van der Waals surface area contributed by atoms with E-state index in [1.807, 2.05) is 44.2 Å². The molecule has 2 atom stereocenters. The quantitative estimate of drug-likeness (QED) is 0.686. The molecule has 0 aliphatic carbocycles. The largest absolute Gasteiger partial charge is 0.465 e. The van der Waals surface area contributed by atoms with Gasteiger partial charge in [-0.2, -0.15) is 0 Å². The van der Waals surface area contributed by atoms with E-state index < -0.39 is 0 Å². The summed E-state index contributed by atoms with van der Waals surface area (Å²) in [7, 11) is 1.67. The zero-order valence-electron chi connectivity index (χ0n) is 12.8. The first-order valence-electron chi connectivity index (χ1n) is 7.11. The summed E-state index contributed by atoms with van der Waals surface area (Å²) in [6.45, 7) is 7.65. The third-order valence-corrected chi connectivity index (χ3v) is 3.30. The molecule has 0 radical (unpaired) electrons. The van der Waals surface area contributed by atoms with E-state index in [0.717, 1.165) is 12.1 Å². The first-order valence-corrected chi connectivity index (χ1v) is 7.11. The molecule has 2 unspecified atom stereocenters. The van der Waals surface area contributed by atoms with Crippen molar-refractivity contribution in [1.29, 1.82) is 0 Å². The van der Waals surface area contributed by atoms with E-state index in [9.17, 15) is 4.79 Å². The minimum absolute atomic E-state index is 0.139. The summed E-state index contributed by atoms with van der Waals surface area (Å²) in [5.74, 6) is -0.205. The normalized spacial score (nSPS) is 14.1. The Balaban J connectivity index is 3.05. The van der Waals surface area contributed by atoms with Crippen LogP contribution >= 0.6 is 0 Å². The van der Waals surface area contributed by atoms with Gasteiger partial charge in [0.05, 0.1) is 13.2 Å². The number of benzene rings is 1. The number of nitrogens with zero attached hydrogens (tertiary/aromatic N) is 1. The summed E-state index contributed by atoms with van der Waals surface area (Å²) in [5.41, 5.74) is 0.954. The Morgan fingerprint density at radius 3 is 2.40 bits per heavy atom. The monoisotopic (exact) mass is 279 g/mol. The molecule has 4 heteroatoms. The van der Waals surface area contributed by atoms with Crippen molar-refractivity contribution < 1.29 is 14.3 Å². The SMILES string of the molecule is CCOC(=O)C(c1ccccc1)N(CC)C(C)COC. The number of hydrogen-bond donors (Lipinski definition) is 0. The van der Waals surface area contributed by atoms with E-state index in [4.69, 9.17) is 9.47 Å². The molecule has 0 fully saturated rings. The number of esters is 1. The van der Waals surface area contributed by atoms with Gasteiger partial charge in [-0.3, -0.25) is 4.90 Å². The zero-order chi connectivity index (χ0) is 15.0. The molecule has 1 aromatic carbocycles. The van der Waals surface area contributed by atoms with Crippen molar-refractivity contribution in [2.75, 3.05) is 26.9 Å². The summed E-state index contributed by atoms with van der Waals surface area (Å²) in [6.07, 6.45) is 0. The van der Waals surface area contributed by atoms with Crippen molar-refractivity contribution in [1.82, 2.24) is 4.90 Å². The van der Waals surface area contributed by atoms with Crippen LogP contribution in [0, 0.1) is 0 Å². The first-order chi connectivity index (χ1) is 9.65. The maximum absolute atomic E-state index is 12.3. The van der Waals surface area contributed by atoms with Crippen LogP contribution in [0.4, 0.5) is 0 Å². The maximum atomic E-state index is 12.3. The highest BCUT2D eigenvalue weighted by atomic mass is 16.5. The third-order valence-electron chi connectivity index (χ3n) is 3.30. The Kier molecular flexibility index (Phi) is 7.26. The molecule has 0 aliphatic rings. The van der Waals surface area contributed by atoms with Gasteiger partial charge in [-0.1, -0.05) is 37.3 Å². The van der Waals surface area contributed by atoms with Gasteiger partial charge in [-0.25, -0.2) is 4.79 Å². The van der Waals surface area contributed by atoms with Crippen LogP contribution in [0.5, 0.6) is 0 Å². The third kappa shape index (κ3) is 4.32. The minimum atomic E-state index is -0.383. The van der Waals surface area contributed by atoms with Gasteiger partial charge in [0, 0.05) is 13.2 Å². The van der Waals surface area contributed by atoms with E-state index >= 15 is 0 Å². The Hall–Kier alpha value is -1.39. The molecular formula is C16H25NO3. The second-order valence-corrected chi connectivity index (χ2v) is 4.70. The molecule has 0 amide bonds. The van der Waals surface area contributed by atoms with E-state index in [1.165, 1.54) is 0 Å². The van der Waals surface area contributed by atoms with Crippen molar-refractivity contribution in [3.63, 3.8) is 0 Å². The zero-order valence-corrected chi connectivity index (χ0v) is 12.8. The van der Waals surface area contributed by atoms with Gasteiger partial charge in [0.2, 0.25) is 0 Å². The fourth-order valence-electron chi connectivity index (χ4n) is 2.41. The molecule has 20 heavy (non-hydrogen) atoms. The van der Waals surface area contributed by atoms with Crippen LogP contribution in [0.2, 0.25) is 0 Å². The second-order valence-electron chi connectivity index (χ2n) is 4.70. The Bertz CT molecular complexity index is 394. The molecule has 1 rings (SSSR count). The maximum Gasteiger partial charge on any atom is 0.328 e. The number of carbonyl (C=O) groups is 1. The van der Waals surface area contributed by atoms with Crippen LogP contribution in [0.1, 0.15) is 32.4 Å². The van der Waals surface area contributed by atoms with Crippen molar-refractivity contribution in [2.24, 2.45) is 0 Å². The summed E-state index contributed by atoms with van der Waals surface area (Å²) in [5, 5.41) is 0. The Morgan fingerprint density at radius 2 is 1.90 bits per heavy atom. The van der Waals surface area contributed by atoms with Gasteiger partial charge < -0.3 is 9.47 Å². The lowest BCUT2D eigenvalue weighted by Gasteiger charge is -2.34. The van der Waals surface area contributed by atoms with Crippen LogP contribution in [0.15, 0.2) is 30.3 Å². The van der Waals surface area contributed by atoms with Crippen molar-refractivity contribution >= 4 is 5.97 Å². The Morgan fingerprint density at radius 1 is 1.25 bits per heavy atom. The highest BCUT2D eigenvalue weighted by molar-refractivity contribution is 5.77. The second kappa shape index (κ2) is 8.72. The molecule has 0 bridgehead atoms. The van der Waals surface area contributed by atoms with Crippen LogP contribution < -0.4 is 0 Å². The number of likely N-dealkylation sites (N-methyl/N-ethyl adjacent to an activating group) is 1. The van der Waals surface area contributed by atoms with Crippen LogP contribution in [-0.2, 0) is 14.3 Å². The summed E-state index contributed by atoms with van der Waals surface area (Å²) >= 11 is 0. The lowest BCUT2D eigenvalue weighted by Crippen LogP contribution is -2.43. The van der Waals surface area contributed by atoms with E-state index in [0.29, 0.717) is 13.2 Å². The number of hydrogen-bond acceptors (Lipinski definition) is 4. The van der Waals surface area contributed by atoms with Crippen LogP contribution in [-0.4, -0.2) is 43.8 Å². The number of ether oxygens (including phenoxy) is 2. The fraction of sp³-hybridized carbons (Fsp3) is 0.562. The molecule has 1 aromatic rings. The first kappa shape index (κ1) is 16.7. The highest BCUT2D eigenvalue weighted by Crippen LogP contribution is 2.24. The average molecular weight is 279 g/mol. The van der Waals surface area contributed by atoms with Crippen molar-refractivity contribution in [3.8, 4) is 0 Å². The van der Waals surface area contributed by atoms with Gasteiger partial charge in [0.15, 0.2) is 0 Å². The molecule has 0 aliphatic heterocycles.